The van der Waals surface area contributed by atoms with Crippen molar-refractivity contribution in [3.8, 4) is 5.75 Å². The summed E-state index contributed by atoms with van der Waals surface area (Å²) in [5.41, 5.74) is 0.851. The minimum Gasteiger partial charge on any atom is -0.508 e. The number of nitrogens with one attached hydrogen (secondary N) is 1. The second-order valence-electron chi connectivity index (χ2n) is 4.26. The predicted molar refractivity (Wildman–Crippen MR) is 71.0 cm³/mol. The minimum absolute atomic E-state index is 0.185. The second kappa shape index (κ2) is 5.39. The number of aromatic hydroxyl groups is 1. The fourth-order valence-corrected chi connectivity index (χ4v) is 1.73. The first-order valence-corrected chi connectivity index (χ1v) is 5.79. The summed E-state index contributed by atoms with van der Waals surface area (Å²) in [4.78, 5) is 27.2. The molecule has 19 heavy (non-hydrogen) atoms. The second-order valence-corrected chi connectivity index (χ2v) is 4.26. The van der Waals surface area contributed by atoms with E-state index < -0.39 is 0 Å². The van der Waals surface area contributed by atoms with Gasteiger partial charge in [0.15, 0.2) is 0 Å². The van der Waals surface area contributed by atoms with Crippen molar-refractivity contribution in [2.75, 3.05) is 7.05 Å². The monoisotopic (exact) mass is 258 g/mol. The number of phenolic OH excluding ortho intramolecular Hbond substituents is 1. The number of pyridine rings is 1. The summed E-state index contributed by atoms with van der Waals surface area (Å²) in [5, 5.41) is 9.19. The Morgan fingerprint density at radius 3 is 2.53 bits per heavy atom. The fourth-order valence-electron chi connectivity index (χ4n) is 1.73. The maximum Gasteiger partial charge on any atom is 0.270 e. The molecule has 0 saturated carbocycles. The molecular weight excluding hydrogens is 244 g/mol. The van der Waals surface area contributed by atoms with Crippen LogP contribution in [0.3, 0.4) is 0 Å². The van der Waals surface area contributed by atoms with E-state index in [2.05, 4.69) is 4.98 Å². The van der Waals surface area contributed by atoms with Crippen LogP contribution >= 0.6 is 0 Å². The molecule has 2 aromatic rings. The van der Waals surface area contributed by atoms with Gasteiger partial charge in [0.1, 0.15) is 11.4 Å². The van der Waals surface area contributed by atoms with Crippen LogP contribution in [-0.2, 0) is 6.54 Å². The molecule has 2 N–H and O–H groups in total. The standard InChI is InChI=1S/C14H14N2O3/c1-16(9-10-5-7-11(17)8-6-10)14(19)12-3-2-4-13(18)15-12/h2-8,17H,9H2,1H3,(H,15,18). The van der Waals surface area contributed by atoms with Gasteiger partial charge in [-0.3, -0.25) is 9.59 Å². The van der Waals surface area contributed by atoms with Crippen LogP contribution in [0.15, 0.2) is 47.3 Å². The molecule has 1 heterocycles. The first-order valence-electron chi connectivity index (χ1n) is 5.79. The fraction of sp³-hybridized carbons (Fsp3) is 0.143. The van der Waals surface area contributed by atoms with Crippen molar-refractivity contribution >= 4 is 5.91 Å². The summed E-state index contributed by atoms with van der Waals surface area (Å²) < 4.78 is 0. The zero-order valence-electron chi connectivity index (χ0n) is 10.5. The third-order valence-corrected chi connectivity index (χ3v) is 2.70. The molecule has 0 atom stereocenters. The molecular formula is C14H14N2O3. The topological polar surface area (TPSA) is 73.4 Å². The van der Waals surface area contributed by atoms with Crippen LogP contribution in [0.25, 0.3) is 0 Å². The van der Waals surface area contributed by atoms with E-state index in [1.165, 1.54) is 11.0 Å². The number of carbonyl (C=O) groups excluding carboxylic acids is 1. The molecule has 0 bridgehead atoms. The van der Waals surface area contributed by atoms with Crippen molar-refractivity contribution in [1.82, 2.24) is 9.88 Å². The Morgan fingerprint density at radius 1 is 1.21 bits per heavy atom. The number of amides is 1. The van der Waals surface area contributed by atoms with E-state index in [-0.39, 0.29) is 22.9 Å². The average Bonchev–Trinajstić information content (AvgIpc) is 2.40. The molecule has 1 aromatic carbocycles. The van der Waals surface area contributed by atoms with Gasteiger partial charge in [-0.25, -0.2) is 0 Å². The third kappa shape index (κ3) is 3.22. The van der Waals surface area contributed by atoms with Gasteiger partial charge in [0, 0.05) is 19.7 Å². The molecule has 0 aliphatic heterocycles. The van der Waals surface area contributed by atoms with Crippen LogP contribution in [0, 0.1) is 0 Å². The number of phenols is 1. The van der Waals surface area contributed by atoms with Crippen molar-refractivity contribution in [2.45, 2.75) is 6.54 Å². The third-order valence-electron chi connectivity index (χ3n) is 2.70. The lowest BCUT2D eigenvalue weighted by Gasteiger charge is -2.17. The molecule has 0 saturated heterocycles. The highest BCUT2D eigenvalue weighted by molar-refractivity contribution is 5.91. The molecule has 0 fully saturated rings. The highest BCUT2D eigenvalue weighted by Gasteiger charge is 2.12. The Hall–Kier alpha value is -2.56. The van der Waals surface area contributed by atoms with Crippen molar-refractivity contribution in [1.29, 1.82) is 0 Å². The molecule has 0 aliphatic carbocycles. The van der Waals surface area contributed by atoms with Crippen LogP contribution in [0.2, 0.25) is 0 Å². The normalized spacial score (nSPS) is 10.2. The van der Waals surface area contributed by atoms with Crippen LogP contribution < -0.4 is 5.56 Å². The SMILES string of the molecule is CN(Cc1ccc(O)cc1)C(=O)c1cccc(=O)[nH]1. The van der Waals surface area contributed by atoms with E-state index in [0.29, 0.717) is 6.54 Å². The smallest absolute Gasteiger partial charge is 0.270 e. The van der Waals surface area contributed by atoms with Gasteiger partial charge in [0.25, 0.3) is 5.91 Å². The number of aromatic nitrogens is 1. The maximum atomic E-state index is 12.1. The molecule has 0 radical (unpaired) electrons. The number of H-pyrrole nitrogens is 1. The van der Waals surface area contributed by atoms with Gasteiger partial charge in [0.2, 0.25) is 5.56 Å². The van der Waals surface area contributed by atoms with Gasteiger partial charge < -0.3 is 15.0 Å². The number of carbonyl (C=O) groups is 1. The maximum absolute atomic E-state index is 12.1. The van der Waals surface area contributed by atoms with Crippen molar-refractivity contribution in [2.24, 2.45) is 0 Å². The van der Waals surface area contributed by atoms with E-state index in [1.54, 1.807) is 43.4 Å². The van der Waals surface area contributed by atoms with Crippen LogP contribution in [0.4, 0.5) is 0 Å². The van der Waals surface area contributed by atoms with Gasteiger partial charge in [-0.2, -0.15) is 0 Å². The van der Waals surface area contributed by atoms with E-state index in [0.717, 1.165) is 5.56 Å². The number of nitrogens with zero attached hydrogens (tertiary/aromatic N) is 1. The highest BCUT2D eigenvalue weighted by atomic mass is 16.3. The van der Waals surface area contributed by atoms with Gasteiger partial charge in [0.05, 0.1) is 0 Å². The number of benzene rings is 1. The van der Waals surface area contributed by atoms with Crippen molar-refractivity contribution in [3.63, 3.8) is 0 Å². The molecule has 0 spiro atoms. The molecule has 5 nitrogen and oxygen atoms in total. The Balaban J connectivity index is 2.11. The van der Waals surface area contributed by atoms with E-state index in [1.807, 2.05) is 0 Å². The number of hydrogen-bond acceptors (Lipinski definition) is 3. The summed E-state index contributed by atoms with van der Waals surface area (Å²) in [6.45, 7) is 0.399. The number of hydrogen-bond donors (Lipinski definition) is 2. The molecule has 5 heteroatoms. The van der Waals surface area contributed by atoms with Gasteiger partial charge in [-0.1, -0.05) is 18.2 Å². The van der Waals surface area contributed by atoms with Crippen molar-refractivity contribution < 1.29 is 9.90 Å². The molecule has 2 rings (SSSR count). The van der Waals surface area contributed by atoms with E-state index in [4.69, 9.17) is 0 Å². The Labute approximate surface area is 110 Å². The largest absolute Gasteiger partial charge is 0.508 e. The van der Waals surface area contributed by atoms with Crippen molar-refractivity contribution in [3.05, 3.63) is 64.1 Å². The Bertz CT molecular complexity index is 632. The summed E-state index contributed by atoms with van der Waals surface area (Å²) in [6, 6.07) is 11.1. The minimum atomic E-state index is -0.302. The summed E-state index contributed by atoms with van der Waals surface area (Å²) in [6.07, 6.45) is 0. The summed E-state index contributed by atoms with van der Waals surface area (Å²) in [7, 11) is 1.65. The molecule has 0 aliphatic rings. The number of rotatable bonds is 3. The quantitative estimate of drug-likeness (QED) is 0.872. The van der Waals surface area contributed by atoms with E-state index >= 15 is 0 Å². The van der Waals surface area contributed by atoms with Gasteiger partial charge >= 0.3 is 0 Å². The lowest BCUT2D eigenvalue weighted by Crippen LogP contribution is -2.28. The molecule has 1 amide bonds. The van der Waals surface area contributed by atoms with Crippen LogP contribution in [0.5, 0.6) is 5.75 Å². The predicted octanol–water partition coefficient (Wildman–Crippen LogP) is 1.35. The Morgan fingerprint density at radius 2 is 1.89 bits per heavy atom. The zero-order valence-corrected chi connectivity index (χ0v) is 10.5. The first-order chi connectivity index (χ1) is 9.06. The van der Waals surface area contributed by atoms with Gasteiger partial charge in [-0.15, -0.1) is 0 Å². The molecule has 0 unspecified atom stereocenters. The van der Waals surface area contributed by atoms with Crippen LogP contribution in [-0.4, -0.2) is 27.9 Å². The van der Waals surface area contributed by atoms with Gasteiger partial charge in [-0.05, 0) is 23.8 Å². The lowest BCUT2D eigenvalue weighted by atomic mass is 10.2. The van der Waals surface area contributed by atoms with E-state index in [9.17, 15) is 14.7 Å². The lowest BCUT2D eigenvalue weighted by molar-refractivity contribution is 0.0779. The Kier molecular flexibility index (Phi) is 3.66. The zero-order chi connectivity index (χ0) is 13.8. The molecule has 1 aromatic heterocycles. The summed E-state index contributed by atoms with van der Waals surface area (Å²) >= 11 is 0. The molecule has 98 valence electrons. The first kappa shape index (κ1) is 12.9. The summed E-state index contributed by atoms with van der Waals surface area (Å²) in [5.74, 6) is -0.0732. The number of aromatic amines is 1. The highest BCUT2D eigenvalue weighted by Crippen LogP contribution is 2.11. The van der Waals surface area contributed by atoms with Crippen LogP contribution in [0.1, 0.15) is 16.1 Å². The average molecular weight is 258 g/mol.